The lowest BCUT2D eigenvalue weighted by Gasteiger charge is -2.39. The lowest BCUT2D eigenvalue weighted by Crippen LogP contribution is -2.44. The van der Waals surface area contributed by atoms with Crippen molar-refractivity contribution in [3.8, 4) is 0 Å². The molecule has 1 rings (SSSR count). The highest BCUT2D eigenvalue weighted by atomic mass is 16.1. The fraction of sp³-hybridized carbons (Fsp3) is 0.917. The van der Waals surface area contributed by atoms with E-state index in [1.165, 1.54) is 12.8 Å². The van der Waals surface area contributed by atoms with Gasteiger partial charge in [-0.1, -0.05) is 20.8 Å². The molecule has 1 amide bonds. The number of carbonyl (C=O) groups excluding carboxylic acids is 1. The monoisotopic (exact) mass is 212 g/mol. The SMILES string of the molecule is C[C@@H]1CC(C)(C)CC[C@@H]1NC(=O)CCN. The minimum Gasteiger partial charge on any atom is -0.353 e. The van der Waals surface area contributed by atoms with Crippen LogP contribution in [-0.4, -0.2) is 18.5 Å². The highest BCUT2D eigenvalue weighted by Gasteiger charge is 2.32. The van der Waals surface area contributed by atoms with Gasteiger partial charge in [-0.15, -0.1) is 0 Å². The summed E-state index contributed by atoms with van der Waals surface area (Å²) in [6, 6.07) is 0.358. The normalized spacial score (nSPS) is 29.9. The van der Waals surface area contributed by atoms with E-state index in [-0.39, 0.29) is 5.91 Å². The van der Waals surface area contributed by atoms with Crippen molar-refractivity contribution in [2.75, 3.05) is 6.54 Å². The average molecular weight is 212 g/mol. The fourth-order valence-electron chi connectivity index (χ4n) is 2.57. The Morgan fingerprint density at radius 3 is 2.73 bits per heavy atom. The van der Waals surface area contributed by atoms with Gasteiger partial charge in [0, 0.05) is 19.0 Å². The molecule has 88 valence electrons. The van der Waals surface area contributed by atoms with Crippen molar-refractivity contribution in [1.29, 1.82) is 0 Å². The average Bonchev–Trinajstić information content (AvgIpc) is 2.10. The van der Waals surface area contributed by atoms with Gasteiger partial charge < -0.3 is 11.1 Å². The van der Waals surface area contributed by atoms with Gasteiger partial charge in [0.2, 0.25) is 5.91 Å². The summed E-state index contributed by atoms with van der Waals surface area (Å²) in [5, 5.41) is 3.09. The van der Waals surface area contributed by atoms with E-state index in [9.17, 15) is 4.79 Å². The third kappa shape index (κ3) is 3.82. The molecule has 1 fully saturated rings. The van der Waals surface area contributed by atoms with Crippen LogP contribution in [0.5, 0.6) is 0 Å². The zero-order chi connectivity index (χ0) is 11.5. The number of nitrogens with one attached hydrogen (secondary N) is 1. The van der Waals surface area contributed by atoms with E-state index < -0.39 is 0 Å². The van der Waals surface area contributed by atoms with Crippen LogP contribution in [0.25, 0.3) is 0 Å². The summed E-state index contributed by atoms with van der Waals surface area (Å²) >= 11 is 0. The summed E-state index contributed by atoms with van der Waals surface area (Å²) in [6.07, 6.45) is 3.95. The van der Waals surface area contributed by atoms with E-state index in [0.717, 1.165) is 6.42 Å². The first-order chi connectivity index (χ1) is 6.94. The highest BCUT2D eigenvalue weighted by molar-refractivity contribution is 5.76. The molecule has 0 bridgehead atoms. The van der Waals surface area contributed by atoms with Gasteiger partial charge in [-0.2, -0.15) is 0 Å². The van der Waals surface area contributed by atoms with Gasteiger partial charge in [0.05, 0.1) is 0 Å². The predicted molar refractivity (Wildman–Crippen MR) is 62.4 cm³/mol. The molecule has 0 radical (unpaired) electrons. The van der Waals surface area contributed by atoms with Gasteiger partial charge in [-0.3, -0.25) is 4.79 Å². The molecule has 3 N–H and O–H groups in total. The second-order valence-electron chi connectivity index (χ2n) is 5.60. The molecule has 15 heavy (non-hydrogen) atoms. The van der Waals surface area contributed by atoms with E-state index in [4.69, 9.17) is 5.73 Å². The Balaban J connectivity index is 2.41. The van der Waals surface area contributed by atoms with E-state index in [1.807, 2.05) is 0 Å². The van der Waals surface area contributed by atoms with Gasteiger partial charge in [0.25, 0.3) is 0 Å². The molecule has 0 aromatic rings. The molecule has 3 heteroatoms. The Morgan fingerprint density at radius 1 is 1.53 bits per heavy atom. The quantitative estimate of drug-likeness (QED) is 0.747. The zero-order valence-corrected chi connectivity index (χ0v) is 10.2. The van der Waals surface area contributed by atoms with Crippen molar-refractivity contribution in [3.05, 3.63) is 0 Å². The second-order valence-corrected chi connectivity index (χ2v) is 5.60. The summed E-state index contributed by atoms with van der Waals surface area (Å²) in [6.45, 7) is 7.29. The van der Waals surface area contributed by atoms with Crippen molar-refractivity contribution in [2.24, 2.45) is 17.1 Å². The first-order valence-electron chi connectivity index (χ1n) is 5.94. The number of nitrogens with two attached hydrogens (primary N) is 1. The van der Waals surface area contributed by atoms with Crippen molar-refractivity contribution >= 4 is 5.91 Å². The first-order valence-corrected chi connectivity index (χ1v) is 5.94. The number of carbonyl (C=O) groups is 1. The maximum Gasteiger partial charge on any atom is 0.221 e. The molecule has 0 aromatic heterocycles. The topological polar surface area (TPSA) is 55.1 Å². The molecule has 1 aliphatic rings. The molecule has 0 aromatic carbocycles. The molecule has 0 spiro atoms. The molecule has 0 unspecified atom stereocenters. The van der Waals surface area contributed by atoms with Crippen LogP contribution >= 0.6 is 0 Å². The number of rotatable bonds is 3. The van der Waals surface area contributed by atoms with Gasteiger partial charge in [-0.05, 0) is 30.6 Å². The van der Waals surface area contributed by atoms with Crippen LogP contribution in [0.15, 0.2) is 0 Å². The summed E-state index contributed by atoms with van der Waals surface area (Å²) in [5.41, 5.74) is 5.79. The van der Waals surface area contributed by atoms with Crippen LogP contribution in [0, 0.1) is 11.3 Å². The van der Waals surface area contributed by atoms with Crippen molar-refractivity contribution in [1.82, 2.24) is 5.32 Å². The molecule has 2 atom stereocenters. The van der Waals surface area contributed by atoms with Gasteiger partial charge in [0.1, 0.15) is 0 Å². The van der Waals surface area contributed by atoms with E-state index in [0.29, 0.717) is 30.3 Å². The summed E-state index contributed by atoms with van der Waals surface area (Å²) in [7, 11) is 0. The predicted octanol–water partition coefficient (Wildman–Crippen LogP) is 1.67. The van der Waals surface area contributed by atoms with Crippen LogP contribution in [0.2, 0.25) is 0 Å². The fourth-order valence-corrected chi connectivity index (χ4v) is 2.57. The Morgan fingerprint density at radius 2 is 2.20 bits per heavy atom. The Hall–Kier alpha value is -0.570. The minimum atomic E-state index is 0.106. The smallest absolute Gasteiger partial charge is 0.221 e. The molecule has 0 heterocycles. The van der Waals surface area contributed by atoms with Crippen molar-refractivity contribution in [2.45, 2.75) is 52.5 Å². The van der Waals surface area contributed by atoms with Crippen LogP contribution < -0.4 is 11.1 Å². The summed E-state index contributed by atoms with van der Waals surface area (Å²) < 4.78 is 0. The maximum atomic E-state index is 11.4. The zero-order valence-electron chi connectivity index (χ0n) is 10.2. The molecule has 3 nitrogen and oxygen atoms in total. The van der Waals surface area contributed by atoms with Gasteiger partial charge in [-0.25, -0.2) is 0 Å². The molecule has 1 aliphatic carbocycles. The Bertz CT molecular complexity index is 226. The van der Waals surface area contributed by atoms with Gasteiger partial charge >= 0.3 is 0 Å². The summed E-state index contributed by atoms with van der Waals surface area (Å²) in [4.78, 5) is 11.4. The van der Waals surface area contributed by atoms with Crippen LogP contribution in [0.1, 0.15) is 46.5 Å². The Kier molecular flexibility index (Phi) is 4.14. The third-order valence-corrected chi connectivity index (χ3v) is 3.41. The highest BCUT2D eigenvalue weighted by Crippen LogP contribution is 2.38. The third-order valence-electron chi connectivity index (χ3n) is 3.41. The summed E-state index contributed by atoms with van der Waals surface area (Å²) in [5.74, 6) is 0.685. The number of amides is 1. The molecular formula is C12H24N2O. The van der Waals surface area contributed by atoms with E-state index in [1.54, 1.807) is 0 Å². The van der Waals surface area contributed by atoms with E-state index in [2.05, 4.69) is 26.1 Å². The van der Waals surface area contributed by atoms with E-state index >= 15 is 0 Å². The van der Waals surface area contributed by atoms with Crippen molar-refractivity contribution in [3.63, 3.8) is 0 Å². The number of hydrogen-bond acceptors (Lipinski definition) is 2. The Labute approximate surface area is 92.8 Å². The lowest BCUT2D eigenvalue weighted by atomic mass is 9.70. The van der Waals surface area contributed by atoms with Crippen LogP contribution in [0.3, 0.4) is 0 Å². The second kappa shape index (κ2) is 4.97. The molecule has 0 saturated heterocycles. The number of hydrogen-bond donors (Lipinski definition) is 2. The first kappa shape index (κ1) is 12.5. The molecule has 1 saturated carbocycles. The van der Waals surface area contributed by atoms with Crippen LogP contribution in [-0.2, 0) is 4.79 Å². The maximum absolute atomic E-state index is 11.4. The molecular weight excluding hydrogens is 188 g/mol. The van der Waals surface area contributed by atoms with Crippen molar-refractivity contribution < 1.29 is 4.79 Å². The largest absolute Gasteiger partial charge is 0.353 e. The minimum absolute atomic E-state index is 0.106. The van der Waals surface area contributed by atoms with Crippen LogP contribution in [0.4, 0.5) is 0 Å². The van der Waals surface area contributed by atoms with Gasteiger partial charge in [0.15, 0.2) is 0 Å². The standard InChI is InChI=1S/C12H24N2O/c1-9-8-12(2,3)6-4-10(9)14-11(15)5-7-13/h9-10H,4-8,13H2,1-3H3,(H,14,15)/t9-,10+/m1/s1. The molecule has 0 aliphatic heterocycles. The lowest BCUT2D eigenvalue weighted by molar-refractivity contribution is -0.122.